The summed E-state index contributed by atoms with van der Waals surface area (Å²) in [4.78, 5) is 2.37. The van der Waals surface area contributed by atoms with Crippen LogP contribution in [-0.2, 0) is 6.54 Å². The van der Waals surface area contributed by atoms with E-state index in [0.717, 1.165) is 34.8 Å². The Morgan fingerprint density at radius 1 is 1.00 bits per heavy atom. The van der Waals surface area contributed by atoms with Crippen molar-refractivity contribution in [3.63, 3.8) is 0 Å². The number of benzene rings is 3. The monoisotopic (exact) mass is 385 g/mol. The Balaban J connectivity index is 1.61. The number of nitrogens with zero attached hydrogens (tertiary/aromatic N) is 3. The lowest BCUT2D eigenvalue weighted by Crippen LogP contribution is -2.31. The number of halogens is 1. The molecule has 4 heteroatoms. The number of hydrogen-bond donors (Lipinski definition) is 0. The number of likely N-dealkylation sites (N-methyl/N-ethyl adjacent to an activating group) is 1. The fraction of sp³-hybridized carbons (Fsp3) is 0.167. The van der Waals surface area contributed by atoms with Gasteiger partial charge < -0.3 is 4.90 Å². The molecule has 1 unspecified atom stereocenters. The van der Waals surface area contributed by atoms with Crippen molar-refractivity contribution >= 4 is 22.4 Å². The van der Waals surface area contributed by atoms with E-state index in [1.54, 1.807) is 6.20 Å². The maximum absolute atomic E-state index is 6.62. The van der Waals surface area contributed by atoms with Gasteiger partial charge in [-0.15, -0.1) is 0 Å². The molecule has 0 bridgehead atoms. The number of aromatic nitrogens is 2. The van der Waals surface area contributed by atoms with Crippen LogP contribution in [0.25, 0.3) is 22.0 Å². The zero-order chi connectivity index (χ0) is 19.1. The Morgan fingerprint density at radius 3 is 2.75 bits per heavy atom. The van der Waals surface area contributed by atoms with Gasteiger partial charge in [0.05, 0.1) is 5.69 Å². The second kappa shape index (κ2) is 7.01. The zero-order valence-electron chi connectivity index (χ0n) is 15.6. The van der Waals surface area contributed by atoms with Gasteiger partial charge in [-0.2, -0.15) is 10.2 Å². The first kappa shape index (κ1) is 17.4. The molecule has 0 aliphatic carbocycles. The smallest absolute Gasteiger partial charge is 0.0929 e. The standard InChI is InChI=1S/C24H20ClN3/c1-28-14-19-12-17(24-7-4-10-26-27-24)8-9-20(19)22(15-28)18-11-16-5-2-3-6-21(16)23(25)13-18/h2-13,22H,14-15H2,1H3. The Bertz CT molecular complexity index is 1160. The molecule has 0 spiro atoms. The van der Waals surface area contributed by atoms with Crippen LogP contribution in [0.3, 0.4) is 0 Å². The molecule has 0 fully saturated rings. The van der Waals surface area contributed by atoms with Gasteiger partial charge >= 0.3 is 0 Å². The minimum absolute atomic E-state index is 0.298. The zero-order valence-corrected chi connectivity index (χ0v) is 16.4. The SMILES string of the molecule is CN1Cc2cc(-c3cccnn3)ccc2C(c2cc(Cl)c3ccccc3c2)C1. The lowest BCUT2D eigenvalue weighted by Gasteiger charge is -2.33. The highest BCUT2D eigenvalue weighted by Gasteiger charge is 2.26. The van der Waals surface area contributed by atoms with E-state index >= 15 is 0 Å². The highest BCUT2D eigenvalue weighted by molar-refractivity contribution is 6.35. The van der Waals surface area contributed by atoms with Crippen LogP contribution in [0, 0.1) is 0 Å². The van der Waals surface area contributed by atoms with Crippen molar-refractivity contribution in [1.29, 1.82) is 0 Å². The van der Waals surface area contributed by atoms with Crippen LogP contribution in [0.1, 0.15) is 22.6 Å². The van der Waals surface area contributed by atoms with Gasteiger partial charge in [-0.05, 0) is 53.4 Å². The van der Waals surface area contributed by atoms with E-state index in [1.165, 1.54) is 22.1 Å². The molecule has 0 radical (unpaired) electrons. The van der Waals surface area contributed by atoms with Gasteiger partial charge in [-0.1, -0.05) is 54.1 Å². The van der Waals surface area contributed by atoms with Crippen molar-refractivity contribution < 1.29 is 0 Å². The van der Waals surface area contributed by atoms with E-state index in [1.807, 2.05) is 18.2 Å². The van der Waals surface area contributed by atoms with Gasteiger partial charge in [-0.25, -0.2) is 0 Å². The van der Waals surface area contributed by atoms with Crippen LogP contribution in [-0.4, -0.2) is 28.7 Å². The topological polar surface area (TPSA) is 29.0 Å². The molecule has 1 atom stereocenters. The maximum atomic E-state index is 6.62. The third kappa shape index (κ3) is 3.07. The summed E-state index contributed by atoms with van der Waals surface area (Å²) in [5.41, 5.74) is 5.99. The first-order valence-corrected chi connectivity index (χ1v) is 9.84. The van der Waals surface area contributed by atoms with Gasteiger partial charge in [0.1, 0.15) is 0 Å². The van der Waals surface area contributed by atoms with Crippen molar-refractivity contribution in [2.75, 3.05) is 13.6 Å². The summed E-state index contributed by atoms with van der Waals surface area (Å²) in [5.74, 6) is 0.298. The van der Waals surface area contributed by atoms with Gasteiger partial charge in [0.2, 0.25) is 0 Å². The molecule has 3 nitrogen and oxygen atoms in total. The summed E-state index contributed by atoms with van der Waals surface area (Å²) < 4.78 is 0. The molecule has 5 rings (SSSR count). The summed E-state index contributed by atoms with van der Waals surface area (Å²) in [6, 6.07) is 23.3. The second-order valence-corrected chi connectivity index (χ2v) is 7.90. The molecule has 1 aliphatic rings. The molecular formula is C24H20ClN3. The van der Waals surface area contributed by atoms with Gasteiger partial charge in [0.25, 0.3) is 0 Å². The van der Waals surface area contributed by atoms with E-state index in [-0.39, 0.29) is 0 Å². The highest BCUT2D eigenvalue weighted by Crippen LogP contribution is 2.37. The Hall–Kier alpha value is -2.75. The fourth-order valence-electron chi connectivity index (χ4n) is 4.23. The quantitative estimate of drug-likeness (QED) is 0.454. The lowest BCUT2D eigenvalue weighted by molar-refractivity contribution is 0.295. The molecule has 0 amide bonds. The van der Waals surface area contributed by atoms with Crippen molar-refractivity contribution in [1.82, 2.24) is 15.1 Å². The third-order valence-corrected chi connectivity index (χ3v) is 5.87. The van der Waals surface area contributed by atoms with E-state index in [4.69, 9.17) is 11.6 Å². The Labute approximate surface area is 169 Å². The van der Waals surface area contributed by atoms with Crippen LogP contribution in [0.15, 0.2) is 72.9 Å². The van der Waals surface area contributed by atoms with E-state index in [0.29, 0.717) is 5.92 Å². The fourth-order valence-corrected chi connectivity index (χ4v) is 4.53. The van der Waals surface area contributed by atoms with Crippen molar-refractivity contribution in [2.45, 2.75) is 12.5 Å². The average molecular weight is 386 g/mol. The van der Waals surface area contributed by atoms with E-state index in [2.05, 4.69) is 70.7 Å². The largest absolute Gasteiger partial charge is 0.301 e. The first-order valence-electron chi connectivity index (χ1n) is 9.47. The van der Waals surface area contributed by atoms with E-state index < -0.39 is 0 Å². The van der Waals surface area contributed by atoms with Crippen molar-refractivity contribution in [2.24, 2.45) is 0 Å². The Morgan fingerprint density at radius 2 is 1.89 bits per heavy atom. The molecule has 3 aromatic carbocycles. The minimum Gasteiger partial charge on any atom is -0.301 e. The summed E-state index contributed by atoms with van der Waals surface area (Å²) in [7, 11) is 2.17. The molecule has 28 heavy (non-hydrogen) atoms. The van der Waals surface area contributed by atoms with Gasteiger partial charge in [-0.3, -0.25) is 0 Å². The van der Waals surface area contributed by atoms with Crippen LogP contribution in [0.4, 0.5) is 0 Å². The summed E-state index contributed by atoms with van der Waals surface area (Å²) >= 11 is 6.62. The molecule has 0 saturated carbocycles. The first-order chi connectivity index (χ1) is 13.7. The Kier molecular flexibility index (Phi) is 4.34. The molecule has 1 aliphatic heterocycles. The number of hydrogen-bond acceptors (Lipinski definition) is 3. The lowest BCUT2D eigenvalue weighted by atomic mass is 9.83. The van der Waals surface area contributed by atoms with Gasteiger partial charge in [0.15, 0.2) is 0 Å². The normalized spacial score (nSPS) is 16.9. The summed E-state index contributed by atoms with van der Waals surface area (Å²) in [5, 5.41) is 11.4. The number of fused-ring (bicyclic) bond motifs is 2. The highest BCUT2D eigenvalue weighted by atomic mass is 35.5. The minimum atomic E-state index is 0.298. The number of rotatable bonds is 2. The van der Waals surface area contributed by atoms with Crippen LogP contribution < -0.4 is 0 Å². The summed E-state index contributed by atoms with van der Waals surface area (Å²) in [6.45, 7) is 1.91. The second-order valence-electron chi connectivity index (χ2n) is 7.50. The molecule has 138 valence electrons. The van der Waals surface area contributed by atoms with Crippen molar-refractivity contribution in [3.05, 3.63) is 94.6 Å². The molecule has 1 aromatic heterocycles. The van der Waals surface area contributed by atoms with Crippen LogP contribution >= 0.6 is 11.6 Å². The molecule has 2 heterocycles. The molecular weight excluding hydrogens is 366 g/mol. The third-order valence-electron chi connectivity index (χ3n) is 5.56. The van der Waals surface area contributed by atoms with Crippen molar-refractivity contribution in [3.8, 4) is 11.3 Å². The predicted molar refractivity (Wildman–Crippen MR) is 115 cm³/mol. The van der Waals surface area contributed by atoms with Crippen LogP contribution in [0.2, 0.25) is 5.02 Å². The van der Waals surface area contributed by atoms with E-state index in [9.17, 15) is 0 Å². The molecule has 0 N–H and O–H groups in total. The maximum Gasteiger partial charge on any atom is 0.0929 e. The van der Waals surface area contributed by atoms with Gasteiger partial charge in [0, 0.05) is 41.2 Å². The summed E-state index contributed by atoms with van der Waals surface area (Å²) in [6.07, 6.45) is 1.70. The van der Waals surface area contributed by atoms with Crippen LogP contribution in [0.5, 0.6) is 0 Å². The molecule has 4 aromatic rings. The predicted octanol–water partition coefficient (Wildman–Crippen LogP) is 5.53. The average Bonchev–Trinajstić information content (AvgIpc) is 2.73. The molecule has 0 saturated heterocycles.